The molecule has 0 spiro atoms. The van der Waals surface area contributed by atoms with E-state index in [4.69, 9.17) is 0 Å². The van der Waals surface area contributed by atoms with Gasteiger partial charge >= 0.3 is 0 Å². The van der Waals surface area contributed by atoms with Crippen molar-refractivity contribution in [2.24, 2.45) is 7.05 Å². The number of aromatic hydroxyl groups is 1. The van der Waals surface area contributed by atoms with Gasteiger partial charge in [-0.15, -0.1) is 0 Å². The van der Waals surface area contributed by atoms with Gasteiger partial charge in [-0.1, -0.05) is 19.1 Å². The molecule has 90 valence electrons. The number of aryl methyl sites for hydroxylation is 2. The molecule has 0 amide bonds. The average molecular weight is 231 g/mol. The number of nitrogens with zero attached hydrogens (tertiary/aromatic N) is 2. The summed E-state index contributed by atoms with van der Waals surface area (Å²) in [5.41, 5.74) is 3.28. The topological polar surface area (TPSA) is 50.1 Å². The maximum Gasteiger partial charge on any atom is 0.115 e. The van der Waals surface area contributed by atoms with Crippen LogP contribution < -0.4 is 5.32 Å². The molecule has 0 aliphatic carbocycles. The normalized spacial score (nSPS) is 10.5. The Hall–Kier alpha value is -1.97. The van der Waals surface area contributed by atoms with Gasteiger partial charge in [-0.3, -0.25) is 4.68 Å². The maximum atomic E-state index is 9.19. The molecule has 4 heteroatoms. The lowest BCUT2D eigenvalue weighted by atomic mass is 10.2. The molecule has 17 heavy (non-hydrogen) atoms. The van der Waals surface area contributed by atoms with Crippen LogP contribution in [0.3, 0.4) is 0 Å². The summed E-state index contributed by atoms with van der Waals surface area (Å²) in [4.78, 5) is 0. The van der Waals surface area contributed by atoms with Gasteiger partial charge in [-0.25, -0.2) is 0 Å². The lowest BCUT2D eigenvalue weighted by molar-refractivity contribution is 0.475. The summed E-state index contributed by atoms with van der Waals surface area (Å²) < 4.78 is 1.82. The first kappa shape index (κ1) is 11.5. The highest BCUT2D eigenvalue weighted by atomic mass is 16.3. The highest BCUT2D eigenvalue weighted by Gasteiger charge is 2.04. The number of hydrogen-bond donors (Lipinski definition) is 2. The van der Waals surface area contributed by atoms with Crippen LogP contribution in [0, 0.1) is 0 Å². The lowest BCUT2D eigenvalue weighted by Crippen LogP contribution is -2.00. The van der Waals surface area contributed by atoms with Gasteiger partial charge in [0.15, 0.2) is 0 Å². The van der Waals surface area contributed by atoms with Crippen LogP contribution >= 0.6 is 0 Å². The molecule has 0 bridgehead atoms. The van der Waals surface area contributed by atoms with Gasteiger partial charge in [-0.05, 0) is 24.1 Å². The Morgan fingerprint density at radius 1 is 1.29 bits per heavy atom. The number of phenols is 1. The first-order chi connectivity index (χ1) is 8.19. The van der Waals surface area contributed by atoms with Gasteiger partial charge in [-0.2, -0.15) is 5.10 Å². The third kappa shape index (κ3) is 2.78. The van der Waals surface area contributed by atoms with Gasteiger partial charge < -0.3 is 10.4 Å². The smallest absolute Gasteiger partial charge is 0.115 e. The minimum absolute atomic E-state index is 0.296. The third-order valence-electron chi connectivity index (χ3n) is 2.66. The van der Waals surface area contributed by atoms with Gasteiger partial charge in [0, 0.05) is 19.8 Å². The summed E-state index contributed by atoms with van der Waals surface area (Å²) in [6.45, 7) is 2.83. The Labute approximate surface area is 101 Å². The van der Waals surface area contributed by atoms with Crippen molar-refractivity contribution >= 4 is 5.69 Å². The molecule has 0 fully saturated rings. The molecule has 2 aromatic rings. The van der Waals surface area contributed by atoms with Crippen molar-refractivity contribution in [1.82, 2.24) is 9.78 Å². The van der Waals surface area contributed by atoms with E-state index >= 15 is 0 Å². The van der Waals surface area contributed by atoms with Crippen molar-refractivity contribution in [3.8, 4) is 5.75 Å². The predicted octanol–water partition coefficient (Wildman–Crippen LogP) is 2.30. The van der Waals surface area contributed by atoms with Crippen LogP contribution in [0.25, 0.3) is 0 Å². The molecular weight excluding hydrogens is 214 g/mol. The Morgan fingerprint density at radius 3 is 2.65 bits per heavy atom. The van der Waals surface area contributed by atoms with Crippen LogP contribution in [0.5, 0.6) is 5.75 Å². The molecule has 0 radical (unpaired) electrons. The van der Waals surface area contributed by atoms with Crippen molar-refractivity contribution < 1.29 is 5.11 Å². The first-order valence-electron chi connectivity index (χ1n) is 5.73. The fourth-order valence-corrected chi connectivity index (χ4v) is 1.75. The van der Waals surface area contributed by atoms with E-state index in [1.54, 1.807) is 12.1 Å². The molecule has 0 atom stereocenters. The predicted molar refractivity (Wildman–Crippen MR) is 68.0 cm³/mol. The summed E-state index contributed by atoms with van der Waals surface area (Å²) in [5, 5.41) is 16.9. The van der Waals surface area contributed by atoms with Crippen LogP contribution in [-0.2, 0) is 20.0 Å². The van der Waals surface area contributed by atoms with E-state index in [-0.39, 0.29) is 0 Å². The van der Waals surface area contributed by atoms with Crippen molar-refractivity contribution in [3.05, 3.63) is 41.7 Å². The zero-order valence-corrected chi connectivity index (χ0v) is 10.1. The van der Waals surface area contributed by atoms with Crippen LogP contribution in [0.15, 0.2) is 30.5 Å². The molecule has 0 aliphatic heterocycles. The van der Waals surface area contributed by atoms with E-state index in [9.17, 15) is 5.11 Å². The summed E-state index contributed by atoms with van der Waals surface area (Å²) in [6, 6.07) is 7.20. The zero-order chi connectivity index (χ0) is 12.3. The average Bonchev–Trinajstić information content (AvgIpc) is 2.69. The number of nitrogens with one attached hydrogen (secondary N) is 1. The van der Waals surface area contributed by atoms with E-state index in [0.717, 1.165) is 29.9 Å². The van der Waals surface area contributed by atoms with E-state index in [1.807, 2.05) is 30.1 Å². The van der Waals surface area contributed by atoms with Crippen LogP contribution in [0.1, 0.15) is 18.2 Å². The number of hydrogen-bond acceptors (Lipinski definition) is 3. The van der Waals surface area contributed by atoms with Gasteiger partial charge in [0.25, 0.3) is 0 Å². The molecule has 1 aromatic carbocycles. The third-order valence-corrected chi connectivity index (χ3v) is 2.66. The van der Waals surface area contributed by atoms with Crippen LogP contribution in [0.4, 0.5) is 5.69 Å². The Balaban J connectivity index is 2.04. The highest BCUT2D eigenvalue weighted by molar-refractivity contribution is 5.47. The fraction of sp³-hybridized carbons (Fsp3) is 0.308. The Kier molecular flexibility index (Phi) is 3.32. The molecule has 0 saturated heterocycles. The van der Waals surface area contributed by atoms with E-state index in [0.29, 0.717) is 5.75 Å². The van der Waals surface area contributed by atoms with Crippen molar-refractivity contribution in [2.75, 3.05) is 5.32 Å². The second-order valence-electron chi connectivity index (χ2n) is 4.04. The van der Waals surface area contributed by atoms with E-state index < -0.39 is 0 Å². The first-order valence-corrected chi connectivity index (χ1v) is 5.73. The maximum absolute atomic E-state index is 9.19. The molecule has 4 nitrogen and oxygen atoms in total. The van der Waals surface area contributed by atoms with Crippen molar-refractivity contribution in [1.29, 1.82) is 0 Å². The number of anilines is 1. The molecule has 1 aromatic heterocycles. The van der Waals surface area contributed by atoms with Gasteiger partial charge in [0.1, 0.15) is 5.75 Å². The summed E-state index contributed by atoms with van der Waals surface area (Å²) in [6.07, 6.45) is 2.90. The zero-order valence-electron chi connectivity index (χ0n) is 10.1. The number of phenolic OH excluding ortho intramolecular Hbond substituents is 1. The monoisotopic (exact) mass is 231 g/mol. The SMILES string of the molecule is CCc1nn(C)cc1NCc1ccc(O)cc1. The summed E-state index contributed by atoms with van der Waals surface area (Å²) >= 11 is 0. The van der Waals surface area contributed by atoms with Crippen LogP contribution in [0.2, 0.25) is 0 Å². The van der Waals surface area contributed by atoms with E-state index in [2.05, 4.69) is 17.3 Å². The Morgan fingerprint density at radius 2 is 2.00 bits per heavy atom. The second-order valence-corrected chi connectivity index (χ2v) is 4.04. The van der Waals surface area contributed by atoms with Crippen molar-refractivity contribution in [2.45, 2.75) is 19.9 Å². The number of aromatic nitrogens is 2. The summed E-state index contributed by atoms with van der Waals surface area (Å²) in [5.74, 6) is 0.296. The molecule has 0 unspecified atom stereocenters. The minimum Gasteiger partial charge on any atom is -0.508 e. The second kappa shape index (κ2) is 4.91. The van der Waals surface area contributed by atoms with Gasteiger partial charge in [0.05, 0.1) is 11.4 Å². The fourth-order valence-electron chi connectivity index (χ4n) is 1.75. The van der Waals surface area contributed by atoms with Gasteiger partial charge in [0.2, 0.25) is 0 Å². The minimum atomic E-state index is 0.296. The molecule has 1 heterocycles. The number of benzene rings is 1. The largest absolute Gasteiger partial charge is 0.508 e. The summed E-state index contributed by atoms with van der Waals surface area (Å²) in [7, 11) is 1.92. The quantitative estimate of drug-likeness (QED) is 0.849. The standard InChI is InChI=1S/C13H17N3O/c1-3-12-13(9-16(2)15-12)14-8-10-4-6-11(17)7-5-10/h4-7,9,14,17H,3,8H2,1-2H3. The lowest BCUT2D eigenvalue weighted by Gasteiger charge is -2.05. The number of rotatable bonds is 4. The molecule has 0 saturated carbocycles. The Bertz CT molecular complexity index is 488. The molecular formula is C13H17N3O. The van der Waals surface area contributed by atoms with Crippen molar-refractivity contribution in [3.63, 3.8) is 0 Å². The van der Waals surface area contributed by atoms with Crippen LogP contribution in [-0.4, -0.2) is 14.9 Å². The molecule has 2 rings (SSSR count). The molecule has 0 aliphatic rings. The highest BCUT2D eigenvalue weighted by Crippen LogP contribution is 2.16. The molecule has 2 N–H and O–H groups in total. The van der Waals surface area contributed by atoms with E-state index in [1.165, 1.54) is 0 Å².